The lowest BCUT2D eigenvalue weighted by molar-refractivity contribution is -0.136. The van der Waals surface area contributed by atoms with E-state index in [-0.39, 0.29) is 17.5 Å². The van der Waals surface area contributed by atoms with Gasteiger partial charge in [0, 0.05) is 43.3 Å². The second kappa shape index (κ2) is 11.6. The highest BCUT2D eigenvalue weighted by Gasteiger charge is 2.44. The maximum atomic E-state index is 13.9. The molecule has 5 rings (SSSR count). The summed E-state index contributed by atoms with van der Waals surface area (Å²) in [6.45, 7) is 6.92. The number of likely N-dealkylation sites (N-methyl/N-ethyl adjacent to an activating group) is 1. The molecule has 2 aromatic carbocycles. The summed E-state index contributed by atoms with van der Waals surface area (Å²) in [5, 5.41) is 4.38. The van der Waals surface area contributed by atoms with E-state index in [0.717, 1.165) is 62.6 Å². The topological polar surface area (TPSA) is 38.8 Å². The van der Waals surface area contributed by atoms with Crippen LogP contribution in [0.1, 0.15) is 48.8 Å². The van der Waals surface area contributed by atoms with Gasteiger partial charge in [-0.05, 0) is 87.5 Å². The van der Waals surface area contributed by atoms with Gasteiger partial charge < -0.3 is 15.1 Å². The largest absolute Gasteiger partial charge is 0.341 e. The molecule has 6 heteroatoms. The fourth-order valence-corrected chi connectivity index (χ4v) is 6.68. The molecule has 0 aromatic heterocycles. The van der Waals surface area contributed by atoms with E-state index in [9.17, 15) is 4.79 Å². The van der Waals surface area contributed by atoms with E-state index in [1.165, 1.54) is 43.5 Å². The van der Waals surface area contributed by atoms with Gasteiger partial charge in [-0.3, -0.25) is 9.69 Å². The summed E-state index contributed by atoms with van der Waals surface area (Å²) in [6, 6.07) is 16.7. The molecule has 3 aliphatic heterocycles. The Morgan fingerprint density at radius 2 is 1.69 bits per heavy atom. The Kier molecular flexibility index (Phi) is 8.32. The van der Waals surface area contributed by atoms with Crippen LogP contribution in [-0.4, -0.2) is 79.5 Å². The number of halogens is 1. The van der Waals surface area contributed by atoms with Gasteiger partial charge >= 0.3 is 0 Å². The molecule has 5 nitrogen and oxygen atoms in total. The molecule has 194 valence electrons. The van der Waals surface area contributed by atoms with Crippen molar-refractivity contribution in [1.82, 2.24) is 20.0 Å². The number of carbonyl (C=O) groups is 1. The first-order valence-corrected chi connectivity index (χ1v) is 14.2. The number of fused-ring (bicyclic) bond motifs is 2. The Bertz CT molecular complexity index is 1010. The Balaban J connectivity index is 1.26. The zero-order chi connectivity index (χ0) is 25.0. The second-order valence-electron chi connectivity index (χ2n) is 10.9. The van der Waals surface area contributed by atoms with Crippen molar-refractivity contribution in [2.75, 3.05) is 52.9 Å². The summed E-state index contributed by atoms with van der Waals surface area (Å²) in [5.41, 5.74) is 4.16. The number of benzene rings is 2. The molecule has 1 amide bonds. The summed E-state index contributed by atoms with van der Waals surface area (Å²) in [5.74, 6) is 0.241. The van der Waals surface area contributed by atoms with Crippen LogP contribution in [0.25, 0.3) is 0 Å². The first-order valence-electron chi connectivity index (χ1n) is 13.8. The molecular weight excluding hydrogens is 468 g/mol. The fourth-order valence-electron chi connectivity index (χ4n) is 6.55. The van der Waals surface area contributed by atoms with Gasteiger partial charge in [-0.1, -0.05) is 54.4 Å². The highest BCUT2D eigenvalue weighted by atomic mass is 35.5. The average Bonchev–Trinajstić information content (AvgIpc) is 2.92. The van der Waals surface area contributed by atoms with Crippen LogP contribution in [0.2, 0.25) is 5.02 Å². The smallest absolute Gasteiger partial charge is 0.240 e. The van der Waals surface area contributed by atoms with Gasteiger partial charge in [0.15, 0.2) is 0 Å². The van der Waals surface area contributed by atoms with Crippen molar-refractivity contribution in [3.8, 4) is 0 Å². The molecule has 0 saturated carbocycles. The number of hydrogen-bond acceptors (Lipinski definition) is 4. The molecular formula is C30H41ClN4O. The Hall–Kier alpha value is -1.92. The van der Waals surface area contributed by atoms with E-state index in [1.54, 1.807) is 0 Å². The fraction of sp³-hybridized carbons (Fsp3) is 0.567. The van der Waals surface area contributed by atoms with Crippen molar-refractivity contribution in [3.05, 3.63) is 70.2 Å². The lowest BCUT2D eigenvalue weighted by atomic mass is 9.74. The average molecular weight is 509 g/mol. The number of nitrogens with one attached hydrogen (secondary N) is 1. The normalized spacial score (nSPS) is 21.3. The van der Waals surface area contributed by atoms with Crippen LogP contribution in [0, 0.1) is 0 Å². The van der Waals surface area contributed by atoms with Gasteiger partial charge in [-0.25, -0.2) is 0 Å². The maximum Gasteiger partial charge on any atom is 0.240 e. The van der Waals surface area contributed by atoms with Crippen LogP contribution in [0.4, 0.5) is 0 Å². The number of carbonyl (C=O) groups excluding carboxylic acids is 1. The van der Waals surface area contributed by atoms with E-state index >= 15 is 0 Å². The molecule has 36 heavy (non-hydrogen) atoms. The van der Waals surface area contributed by atoms with Crippen molar-refractivity contribution in [2.45, 2.75) is 56.5 Å². The lowest BCUT2D eigenvalue weighted by Crippen LogP contribution is -2.58. The van der Waals surface area contributed by atoms with E-state index in [0.29, 0.717) is 6.42 Å². The molecule has 1 atom stereocenters. The quantitative estimate of drug-likeness (QED) is 0.604. The molecule has 1 N–H and O–H groups in total. The van der Waals surface area contributed by atoms with Crippen LogP contribution in [0.15, 0.2) is 48.5 Å². The number of amides is 1. The van der Waals surface area contributed by atoms with Gasteiger partial charge in [0.2, 0.25) is 5.91 Å². The predicted octanol–water partition coefficient (Wildman–Crippen LogP) is 4.33. The number of piperidine rings is 2. The third-order valence-electron chi connectivity index (χ3n) is 8.79. The highest BCUT2D eigenvalue weighted by Crippen LogP contribution is 2.42. The van der Waals surface area contributed by atoms with Gasteiger partial charge in [-0.2, -0.15) is 0 Å². The van der Waals surface area contributed by atoms with E-state index in [2.05, 4.69) is 51.3 Å². The Morgan fingerprint density at radius 3 is 2.44 bits per heavy atom. The third kappa shape index (κ3) is 5.65. The minimum atomic E-state index is -0.207. The van der Waals surface area contributed by atoms with E-state index in [1.807, 2.05) is 24.3 Å². The lowest BCUT2D eigenvalue weighted by Gasteiger charge is -2.51. The molecule has 1 spiro atoms. The zero-order valence-electron chi connectivity index (χ0n) is 21.7. The molecule has 2 fully saturated rings. The minimum Gasteiger partial charge on any atom is -0.341 e. The van der Waals surface area contributed by atoms with Gasteiger partial charge in [0.05, 0.1) is 6.04 Å². The molecule has 2 saturated heterocycles. The molecule has 2 aromatic rings. The van der Waals surface area contributed by atoms with Crippen LogP contribution in [0.3, 0.4) is 0 Å². The molecule has 0 radical (unpaired) electrons. The van der Waals surface area contributed by atoms with Crippen LogP contribution in [-0.2, 0) is 23.2 Å². The predicted molar refractivity (Wildman–Crippen MR) is 148 cm³/mol. The van der Waals surface area contributed by atoms with Crippen LogP contribution in [0.5, 0.6) is 0 Å². The molecule has 3 aliphatic rings. The molecule has 0 unspecified atom stereocenters. The Labute approximate surface area is 221 Å². The molecule has 0 bridgehead atoms. The summed E-state index contributed by atoms with van der Waals surface area (Å²) in [7, 11) is 2.26. The summed E-state index contributed by atoms with van der Waals surface area (Å²) < 4.78 is 0. The van der Waals surface area contributed by atoms with Crippen molar-refractivity contribution in [1.29, 1.82) is 0 Å². The van der Waals surface area contributed by atoms with Gasteiger partial charge in [-0.15, -0.1) is 0 Å². The van der Waals surface area contributed by atoms with Crippen molar-refractivity contribution in [2.24, 2.45) is 0 Å². The van der Waals surface area contributed by atoms with E-state index < -0.39 is 0 Å². The molecule has 3 heterocycles. The number of nitrogens with zero attached hydrogens (tertiary/aromatic N) is 3. The van der Waals surface area contributed by atoms with E-state index in [4.69, 9.17) is 11.6 Å². The van der Waals surface area contributed by atoms with Crippen molar-refractivity contribution >= 4 is 17.5 Å². The third-order valence-corrected chi connectivity index (χ3v) is 9.04. The number of hydrogen-bond donors (Lipinski definition) is 1. The first kappa shape index (κ1) is 25.7. The van der Waals surface area contributed by atoms with Crippen molar-refractivity contribution in [3.63, 3.8) is 0 Å². The summed E-state index contributed by atoms with van der Waals surface area (Å²) >= 11 is 6.12. The van der Waals surface area contributed by atoms with Crippen LogP contribution < -0.4 is 5.32 Å². The van der Waals surface area contributed by atoms with Gasteiger partial charge in [0.1, 0.15) is 0 Å². The molecule has 0 aliphatic carbocycles. The standard InChI is InChI=1S/C30H41ClN4O/c1-33-19-13-25-7-3-4-8-27(25)30(33)14-20-35(21-15-30)29(36)28(23-24-9-11-26(31)12-10-24)32-16-22-34-17-5-2-6-18-34/h3-4,7-12,28,32H,2,5-6,13-23H2,1H3/t28-/m1/s1. The zero-order valence-corrected chi connectivity index (χ0v) is 22.5. The SMILES string of the molecule is CN1CCc2ccccc2C12CCN(C(=O)[C@@H](Cc1ccc(Cl)cc1)NCCN1CCCCC1)CC2. The summed E-state index contributed by atoms with van der Waals surface area (Å²) in [6.07, 6.45) is 7.72. The number of likely N-dealkylation sites (tertiary alicyclic amines) is 2. The van der Waals surface area contributed by atoms with Gasteiger partial charge in [0.25, 0.3) is 0 Å². The van der Waals surface area contributed by atoms with Crippen LogP contribution >= 0.6 is 11.6 Å². The van der Waals surface area contributed by atoms with Crippen molar-refractivity contribution < 1.29 is 4.79 Å². The second-order valence-corrected chi connectivity index (χ2v) is 11.4. The summed E-state index contributed by atoms with van der Waals surface area (Å²) in [4.78, 5) is 21.0. The monoisotopic (exact) mass is 508 g/mol. The highest BCUT2D eigenvalue weighted by molar-refractivity contribution is 6.30. The first-order chi connectivity index (χ1) is 17.5. The number of rotatable bonds is 7. The maximum absolute atomic E-state index is 13.9. The minimum absolute atomic E-state index is 0.0546. The Morgan fingerprint density at radius 1 is 0.972 bits per heavy atom.